The van der Waals surface area contributed by atoms with Gasteiger partial charge in [-0.25, -0.2) is 4.79 Å². The molecular formula is C12H19N3O3. The summed E-state index contributed by atoms with van der Waals surface area (Å²) in [5.41, 5.74) is -0.735. The first kappa shape index (κ1) is 14.2. The van der Waals surface area contributed by atoms with Crippen LogP contribution in [0.4, 0.5) is 0 Å². The molecule has 0 spiro atoms. The van der Waals surface area contributed by atoms with E-state index in [0.29, 0.717) is 6.42 Å². The normalized spacial score (nSPS) is 13.8. The van der Waals surface area contributed by atoms with Crippen molar-refractivity contribution >= 4 is 11.9 Å². The van der Waals surface area contributed by atoms with E-state index in [1.165, 1.54) is 11.8 Å². The number of rotatable bonds is 5. The maximum Gasteiger partial charge on any atom is 0.331 e. The molecule has 100 valence electrons. The van der Waals surface area contributed by atoms with Gasteiger partial charge in [-0.15, -0.1) is 0 Å². The van der Waals surface area contributed by atoms with Gasteiger partial charge in [-0.1, -0.05) is 13.3 Å². The zero-order valence-corrected chi connectivity index (χ0v) is 11.2. The Bertz CT molecular complexity index is 442. The second kappa shape index (κ2) is 5.66. The zero-order valence-electron chi connectivity index (χ0n) is 11.2. The van der Waals surface area contributed by atoms with Crippen LogP contribution >= 0.6 is 0 Å². The van der Waals surface area contributed by atoms with Gasteiger partial charge in [0.05, 0.1) is 7.11 Å². The lowest BCUT2D eigenvalue weighted by atomic mass is 9.96. The molecule has 0 aliphatic rings. The third-order valence-corrected chi connectivity index (χ3v) is 2.72. The topological polar surface area (TPSA) is 73.2 Å². The van der Waals surface area contributed by atoms with Gasteiger partial charge < -0.3 is 10.1 Å². The molecule has 0 bridgehead atoms. The zero-order chi connectivity index (χ0) is 13.8. The number of aromatic nitrogens is 2. The first-order valence-corrected chi connectivity index (χ1v) is 5.83. The van der Waals surface area contributed by atoms with Gasteiger partial charge >= 0.3 is 5.97 Å². The highest BCUT2D eigenvalue weighted by Crippen LogP contribution is 2.15. The van der Waals surface area contributed by atoms with E-state index in [4.69, 9.17) is 4.74 Å². The molecule has 0 aliphatic carbocycles. The Labute approximate surface area is 106 Å². The molecule has 1 amide bonds. The summed E-state index contributed by atoms with van der Waals surface area (Å²) < 4.78 is 6.26. The number of methoxy groups -OCH3 is 1. The third kappa shape index (κ3) is 3.09. The minimum atomic E-state index is -1.02. The second-order valence-corrected chi connectivity index (χ2v) is 4.40. The average molecular weight is 253 g/mol. The van der Waals surface area contributed by atoms with Crippen LogP contribution in [-0.4, -0.2) is 34.3 Å². The van der Waals surface area contributed by atoms with Crippen LogP contribution in [0.5, 0.6) is 0 Å². The Hall–Kier alpha value is -1.85. The molecule has 1 atom stereocenters. The summed E-state index contributed by atoms with van der Waals surface area (Å²) in [5, 5.41) is 6.68. The molecule has 0 aliphatic heterocycles. The number of nitrogens with zero attached hydrogens (tertiary/aromatic N) is 2. The van der Waals surface area contributed by atoms with E-state index in [9.17, 15) is 9.59 Å². The van der Waals surface area contributed by atoms with E-state index in [2.05, 4.69) is 10.4 Å². The number of carbonyl (C=O) groups is 2. The van der Waals surface area contributed by atoms with Gasteiger partial charge in [0, 0.05) is 13.2 Å². The van der Waals surface area contributed by atoms with Crippen molar-refractivity contribution in [1.82, 2.24) is 15.1 Å². The average Bonchev–Trinajstić information content (AvgIpc) is 2.75. The van der Waals surface area contributed by atoms with Crippen molar-refractivity contribution in [2.75, 3.05) is 7.11 Å². The fourth-order valence-corrected chi connectivity index (χ4v) is 1.79. The molecule has 0 radical (unpaired) electrons. The lowest BCUT2D eigenvalue weighted by Gasteiger charge is -2.27. The molecular weight excluding hydrogens is 234 g/mol. The van der Waals surface area contributed by atoms with Crippen molar-refractivity contribution in [3.05, 3.63) is 18.0 Å². The van der Waals surface area contributed by atoms with Gasteiger partial charge in [-0.3, -0.25) is 9.48 Å². The monoisotopic (exact) mass is 253 g/mol. The van der Waals surface area contributed by atoms with Crippen LogP contribution in [0.25, 0.3) is 0 Å². The maximum atomic E-state index is 12.0. The number of ether oxygens (including phenoxy) is 1. The Morgan fingerprint density at radius 2 is 2.22 bits per heavy atom. The number of aryl methyl sites for hydroxylation is 1. The van der Waals surface area contributed by atoms with Crippen molar-refractivity contribution in [3.63, 3.8) is 0 Å². The van der Waals surface area contributed by atoms with Gasteiger partial charge in [-0.2, -0.15) is 5.10 Å². The van der Waals surface area contributed by atoms with Crippen molar-refractivity contribution < 1.29 is 14.3 Å². The quantitative estimate of drug-likeness (QED) is 0.791. The van der Waals surface area contributed by atoms with Crippen molar-refractivity contribution in [2.24, 2.45) is 7.05 Å². The second-order valence-electron chi connectivity index (χ2n) is 4.40. The maximum absolute atomic E-state index is 12.0. The van der Waals surface area contributed by atoms with Crippen LogP contribution in [0.15, 0.2) is 12.3 Å². The number of carbonyl (C=O) groups excluding carboxylic acids is 2. The summed E-state index contributed by atoms with van der Waals surface area (Å²) in [5.74, 6) is -0.828. The highest BCUT2D eigenvalue weighted by Gasteiger charge is 2.35. The Morgan fingerprint density at radius 3 is 2.67 bits per heavy atom. The van der Waals surface area contributed by atoms with Crippen molar-refractivity contribution in [3.8, 4) is 0 Å². The highest BCUT2D eigenvalue weighted by molar-refractivity contribution is 5.96. The predicted molar refractivity (Wildman–Crippen MR) is 66.0 cm³/mol. The molecule has 1 unspecified atom stereocenters. The molecule has 0 aromatic carbocycles. The molecule has 1 N–H and O–H groups in total. The smallest absolute Gasteiger partial charge is 0.331 e. The van der Waals surface area contributed by atoms with E-state index in [1.807, 2.05) is 6.92 Å². The summed E-state index contributed by atoms with van der Waals surface area (Å²) in [4.78, 5) is 23.7. The number of amides is 1. The Balaban J connectivity index is 2.84. The summed E-state index contributed by atoms with van der Waals surface area (Å²) >= 11 is 0. The SMILES string of the molecule is CCCC(C)(NC(=O)c1ccn(C)n1)C(=O)OC. The molecule has 0 saturated carbocycles. The fourth-order valence-electron chi connectivity index (χ4n) is 1.79. The van der Waals surface area contributed by atoms with E-state index >= 15 is 0 Å². The van der Waals surface area contributed by atoms with Crippen LogP contribution < -0.4 is 5.32 Å². The third-order valence-electron chi connectivity index (χ3n) is 2.72. The number of hydrogen-bond acceptors (Lipinski definition) is 4. The molecule has 6 nitrogen and oxygen atoms in total. The lowest BCUT2D eigenvalue weighted by Crippen LogP contribution is -2.52. The standard InChI is InChI=1S/C12H19N3O3/c1-5-7-12(2,11(17)18-4)13-10(16)9-6-8-15(3)14-9/h6,8H,5,7H2,1-4H3,(H,13,16). The van der Waals surface area contributed by atoms with E-state index in [-0.39, 0.29) is 11.6 Å². The first-order valence-electron chi connectivity index (χ1n) is 5.83. The van der Waals surface area contributed by atoms with Crippen LogP contribution in [0.2, 0.25) is 0 Å². The minimum Gasteiger partial charge on any atom is -0.467 e. The summed E-state index contributed by atoms with van der Waals surface area (Å²) in [6.45, 7) is 3.59. The molecule has 6 heteroatoms. The number of esters is 1. The number of hydrogen-bond donors (Lipinski definition) is 1. The molecule has 18 heavy (non-hydrogen) atoms. The predicted octanol–water partition coefficient (Wildman–Crippen LogP) is 0.882. The summed E-state index contributed by atoms with van der Waals surface area (Å²) in [6.07, 6.45) is 2.94. The Morgan fingerprint density at radius 1 is 1.56 bits per heavy atom. The number of nitrogens with one attached hydrogen (secondary N) is 1. The largest absolute Gasteiger partial charge is 0.467 e. The van der Waals surface area contributed by atoms with Crippen LogP contribution in [0.1, 0.15) is 37.2 Å². The minimum absolute atomic E-state index is 0.281. The molecule has 1 aromatic rings. The summed E-state index contributed by atoms with van der Waals surface area (Å²) in [7, 11) is 3.03. The van der Waals surface area contributed by atoms with Gasteiger partial charge in [0.1, 0.15) is 11.2 Å². The molecule has 0 saturated heterocycles. The van der Waals surface area contributed by atoms with Gasteiger partial charge in [-0.05, 0) is 19.4 Å². The molecule has 1 rings (SSSR count). The Kier molecular flexibility index (Phi) is 4.47. The van der Waals surface area contributed by atoms with Crippen LogP contribution in [-0.2, 0) is 16.6 Å². The summed E-state index contributed by atoms with van der Waals surface area (Å²) in [6, 6.07) is 1.60. The molecule has 1 heterocycles. The van der Waals surface area contributed by atoms with E-state index in [0.717, 1.165) is 6.42 Å². The fraction of sp³-hybridized carbons (Fsp3) is 0.583. The van der Waals surface area contributed by atoms with Gasteiger partial charge in [0.25, 0.3) is 5.91 Å². The molecule has 0 fully saturated rings. The van der Waals surface area contributed by atoms with E-state index in [1.54, 1.807) is 26.2 Å². The highest BCUT2D eigenvalue weighted by atomic mass is 16.5. The first-order chi connectivity index (χ1) is 8.42. The van der Waals surface area contributed by atoms with Crippen LogP contribution in [0, 0.1) is 0 Å². The van der Waals surface area contributed by atoms with E-state index < -0.39 is 11.5 Å². The van der Waals surface area contributed by atoms with Gasteiger partial charge in [0.15, 0.2) is 0 Å². The van der Waals surface area contributed by atoms with Crippen molar-refractivity contribution in [2.45, 2.75) is 32.2 Å². The van der Waals surface area contributed by atoms with Gasteiger partial charge in [0.2, 0.25) is 0 Å². The molecule has 1 aromatic heterocycles. The lowest BCUT2D eigenvalue weighted by molar-refractivity contribution is -0.147. The van der Waals surface area contributed by atoms with Crippen LogP contribution in [0.3, 0.4) is 0 Å². The van der Waals surface area contributed by atoms with Crippen molar-refractivity contribution in [1.29, 1.82) is 0 Å².